The maximum Gasteiger partial charge on any atom is 0.178 e. The van der Waals surface area contributed by atoms with Gasteiger partial charge in [0.25, 0.3) is 0 Å². The van der Waals surface area contributed by atoms with Crippen LogP contribution in [0.15, 0.2) is 23.1 Å². The lowest BCUT2D eigenvalue weighted by Crippen LogP contribution is -2.22. The summed E-state index contributed by atoms with van der Waals surface area (Å²) in [6, 6.07) is 3.91. The van der Waals surface area contributed by atoms with E-state index < -0.39 is 9.84 Å². The second kappa shape index (κ2) is 5.36. The lowest BCUT2D eigenvalue weighted by atomic mass is 10.0. The normalized spacial score (nSPS) is 22.2. The second-order valence-electron chi connectivity index (χ2n) is 4.65. The summed E-state index contributed by atoms with van der Waals surface area (Å²) in [6.07, 6.45) is 2.31. The first-order valence-corrected chi connectivity index (χ1v) is 7.95. The highest BCUT2D eigenvalue weighted by molar-refractivity contribution is 7.91. The van der Waals surface area contributed by atoms with Crippen molar-refractivity contribution in [1.82, 2.24) is 5.32 Å². The molecule has 1 aliphatic heterocycles. The fraction of sp³-hybridized carbons (Fsp3) is 0.538. The van der Waals surface area contributed by atoms with Gasteiger partial charge in [-0.25, -0.2) is 12.8 Å². The summed E-state index contributed by atoms with van der Waals surface area (Å²) in [4.78, 5) is 0.287. The summed E-state index contributed by atoms with van der Waals surface area (Å²) < 4.78 is 37.5. The van der Waals surface area contributed by atoms with Gasteiger partial charge in [0.15, 0.2) is 9.84 Å². The van der Waals surface area contributed by atoms with E-state index in [2.05, 4.69) is 5.32 Å². The molecule has 0 aliphatic carbocycles. The van der Waals surface area contributed by atoms with Crippen LogP contribution in [0.3, 0.4) is 0 Å². The summed E-state index contributed by atoms with van der Waals surface area (Å²) in [5, 5.41) is 3.30. The summed E-state index contributed by atoms with van der Waals surface area (Å²) in [5.41, 5.74) is 0.584. The fourth-order valence-corrected chi connectivity index (χ4v) is 3.95. The summed E-state index contributed by atoms with van der Waals surface area (Å²) in [7, 11) is -3.26. The van der Waals surface area contributed by atoms with Crippen molar-refractivity contribution in [2.45, 2.75) is 37.1 Å². The molecule has 5 heteroatoms. The minimum absolute atomic E-state index is 0.0621. The van der Waals surface area contributed by atoms with Crippen molar-refractivity contribution in [1.29, 1.82) is 0 Å². The van der Waals surface area contributed by atoms with E-state index in [-0.39, 0.29) is 22.5 Å². The Hall–Kier alpha value is -0.940. The van der Waals surface area contributed by atoms with Crippen LogP contribution in [0.1, 0.15) is 37.8 Å². The molecule has 0 amide bonds. The third kappa shape index (κ3) is 2.72. The van der Waals surface area contributed by atoms with Crippen LogP contribution in [-0.2, 0) is 9.84 Å². The second-order valence-corrected chi connectivity index (χ2v) is 6.73. The van der Waals surface area contributed by atoms with Crippen LogP contribution >= 0.6 is 0 Å². The average molecular weight is 271 g/mol. The summed E-state index contributed by atoms with van der Waals surface area (Å²) in [5.74, 6) is -0.232. The highest BCUT2D eigenvalue weighted by Crippen LogP contribution is 2.31. The molecule has 1 aromatic carbocycles. The van der Waals surface area contributed by atoms with Gasteiger partial charge in [0, 0.05) is 6.04 Å². The van der Waals surface area contributed by atoms with E-state index in [9.17, 15) is 12.8 Å². The van der Waals surface area contributed by atoms with Gasteiger partial charge in [-0.05, 0) is 49.6 Å². The Kier molecular flexibility index (Phi) is 4.02. The number of hydrogen-bond donors (Lipinski definition) is 1. The van der Waals surface area contributed by atoms with Gasteiger partial charge < -0.3 is 5.32 Å². The minimum Gasteiger partial charge on any atom is -0.310 e. The third-order valence-corrected chi connectivity index (χ3v) is 5.10. The van der Waals surface area contributed by atoms with Crippen molar-refractivity contribution in [3.8, 4) is 0 Å². The van der Waals surface area contributed by atoms with Crippen molar-refractivity contribution in [2.24, 2.45) is 0 Å². The third-order valence-electron chi connectivity index (χ3n) is 3.23. The molecule has 1 unspecified atom stereocenters. The number of nitrogens with one attached hydrogen (secondary N) is 1. The monoisotopic (exact) mass is 271 g/mol. The lowest BCUT2D eigenvalue weighted by Gasteiger charge is -2.18. The first kappa shape index (κ1) is 13.5. The van der Waals surface area contributed by atoms with Gasteiger partial charge >= 0.3 is 0 Å². The van der Waals surface area contributed by atoms with E-state index in [1.165, 1.54) is 18.2 Å². The zero-order valence-corrected chi connectivity index (χ0v) is 11.3. The van der Waals surface area contributed by atoms with E-state index in [0.717, 1.165) is 19.4 Å². The van der Waals surface area contributed by atoms with E-state index in [0.29, 0.717) is 12.0 Å². The molecular weight excluding hydrogens is 253 g/mol. The number of benzene rings is 1. The van der Waals surface area contributed by atoms with E-state index in [1.54, 1.807) is 0 Å². The van der Waals surface area contributed by atoms with Gasteiger partial charge in [-0.15, -0.1) is 0 Å². The largest absolute Gasteiger partial charge is 0.310 e. The Morgan fingerprint density at radius 1 is 1.44 bits per heavy atom. The van der Waals surface area contributed by atoms with Gasteiger partial charge in [0.2, 0.25) is 0 Å². The molecule has 3 nitrogen and oxygen atoms in total. The average Bonchev–Trinajstić information content (AvgIpc) is 2.43. The van der Waals surface area contributed by atoms with Crippen LogP contribution in [0, 0.1) is 5.82 Å². The Morgan fingerprint density at radius 3 is 2.94 bits per heavy atom. The molecule has 0 radical (unpaired) electrons. The van der Waals surface area contributed by atoms with Crippen LogP contribution in [0.5, 0.6) is 0 Å². The predicted octanol–water partition coefficient (Wildman–Crippen LogP) is 2.43. The fourth-order valence-electron chi connectivity index (χ4n) is 2.35. The van der Waals surface area contributed by atoms with Crippen molar-refractivity contribution in [2.75, 3.05) is 12.3 Å². The molecule has 0 aromatic heterocycles. The van der Waals surface area contributed by atoms with Crippen molar-refractivity contribution in [3.05, 3.63) is 29.6 Å². The van der Waals surface area contributed by atoms with Crippen molar-refractivity contribution in [3.63, 3.8) is 0 Å². The molecule has 1 aliphatic rings. The molecule has 1 N–H and O–H groups in total. The Bertz CT molecular complexity index is 528. The molecule has 2 rings (SSSR count). The number of sulfone groups is 1. The topological polar surface area (TPSA) is 46.2 Å². The molecule has 0 saturated carbocycles. The molecule has 0 fully saturated rings. The van der Waals surface area contributed by atoms with Gasteiger partial charge in [-0.1, -0.05) is 6.92 Å². The zero-order chi connectivity index (χ0) is 13.2. The maximum absolute atomic E-state index is 13.4. The predicted molar refractivity (Wildman–Crippen MR) is 68.7 cm³/mol. The molecule has 1 heterocycles. The molecule has 18 heavy (non-hydrogen) atoms. The van der Waals surface area contributed by atoms with E-state index in [4.69, 9.17) is 0 Å². The molecule has 1 atom stereocenters. The standard InChI is InChI=1S/C13H18FNO2S/c1-2-7-15-12-4-3-8-18(16,17)13-6-5-10(14)9-11(12)13/h5-6,9,12,15H,2-4,7-8H2,1H3. The first-order valence-electron chi connectivity index (χ1n) is 6.30. The minimum atomic E-state index is -3.26. The Morgan fingerprint density at radius 2 is 2.22 bits per heavy atom. The SMILES string of the molecule is CCCNC1CCCS(=O)(=O)c2ccc(F)cc21. The number of hydrogen-bond acceptors (Lipinski definition) is 3. The number of fused-ring (bicyclic) bond motifs is 1. The Labute approximate surface area is 107 Å². The van der Waals surface area contributed by atoms with E-state index >= 15 is 0 Å². The van der Waals surface area contributed by atoms with E-state index in [1.807, 2.05) is 6.92 Å². The van der Waals surface area contributed by atoms with Crippen molar-refractivity contribution >= 4 is 9.84 Å². The maximum atomic E-state index is 13.4. The Balaban J connectivity index is 2.46. The summed E-state index contributed by atoms with van der Waals surface area (Å²) >= 11 is 0. The van der Waals surface area contributed by atoms with Crippen LogP contribution < -0.4 is 5.32 Å². The van der Waals surface area contributed by atoms with Gasteiger partial charge in [-0.2, -0.15) is 0 Å². The number of rotatable bonds is 3. The molecule has 0 saturated heterocycles. The van der Waals surface area contributed by atoms with Gasteiger partial charge in [0.1, 0.15) is 5.82 Å². The van der Waals surface area contributed by atoms with Gasteiger partial charge in [0.05, 0.1) is 10.6 Å². The number of halogens is 1. The zero-order valence-electron chi connectivity index (χ0n) is 10.4. The highest BCUT2D eigenvalue weighted by atomic mass is 32.2. The van der Waals surface area contributed by atoms with Crippen LogP contribution in [-0.4, -0.2) is 20.7 Å². The lowest BCUT2D eigenvalue weighted by molar-refractivity contribution is 0.489. The molecule has 100 valence electrons. The molecule has 0 spiro atoms. The first-order chi connectivity index (χ1) is 8.54. The van der Waals surface area contributed by atoms with Crippen molar-refractivity contribution < 1.29 is 12.8 Å². The molecule has 0 bridgehead atoms. The van der Waals surface area contributed by atoms with Crippen LogP contribution in [0.25, 0.3) is 0 Å². The van der Waals surface area contributed by atoms with Gasteiger partial charge in [-0.3, -0.25) is 0 Å². The molecule has 1 aromatic rings. The van der Waals surface area contributed by atoms with Crippen LogP contribution in [0.4, 0.5) is 4.39 Å². The summed E-state index contributed by atoms with van der Waals surface area (Å²) in [6.45, 7) is 2.85. The smallest absolute Gasteiger partial charge is 0.178 e. The quantitative estimate of drug-likeness (QED) is 0.859. The molecular formula is C13H18FNO2S. The highest BCUT2D eigenvalue weighted by Gasteiger charge is 2.27. The van der Waals surface area contributed by atoms with Crippen LogP contribution in [0.2, 0.25) is 0 Å².